The maximum absolute atomic E-state index is 12.3. The normalized spacial score (nSPS) is 32.8. The monoisotopic (exact) mass is 284 g/mol. The summed E-state index contributed by atoms with van der Waals surface area (Å²) in [7, 11) is 0. The zero-order valence-corrected chi connectivity index (χ0v) is 12.5. The smallest absolute Gasteiger partial charge is 0.223 e. The van der Waals surface area contributed by atoms with E-state index in [0.717, 1.165) is 31.8 Å². The van der Waals surface area contributed by atoms with Crippen LogP contribution in [0.1, 0.15) is 43.6 Å². The first-order valence-electron chi connectivity index (χ1n) is 8.42. The SMILES string of the molecule is O=C(NCCC1CNc2ccccc21)C1CC2CCC1C2. The van der Waals surface area contributed by atoms with E-state index >= 15 is 0 Å². The van der Waals surface area contributed by atoms with Crippen molar-refractivity contribution in [1.29, 1.82) is 0 Å². The summed E-state index contributed by atoms with van der Waals surface area (Å²) in [6, 6.07) is 8.53. The number of amides is 1. The lowest BCUT2D eigenvalue weighted by atomic mass is 9.88. The molecule has 2 saturated carbocycles. The topological polar surface area (TPSA) is 41.1 Å². The van der Waals surface area contributed by atoms with Crippen LogP contribution in [0.4, 0.5) is 5.69 Å². The van der Waals surface area contributed by atoms with Crippen LogP contribution in [0, 0.1) is 17.8 Å². The third kappa shape index (κ3) is 2.43. The molecule has 0 saturated heterocycles. The summed E-state index contributed by atoms with van der Waals surface area (Å²) in [4.78, 5) is 12.3. The second-order valence-electron chi connectivity index (χ2n) is 7.03. The number of carbonyl (C=O) groups excluding carboxylic acids is 1. The second kappa shape index (κ2) is 5.36. The van der Waals surface area contributed by atoms with Gasteiger partial charge in [-0.05, 0) is 49.1 Å². The van der Waals surface area contributed by atoms with Gasteiger partial charge in [0.15, 0.2) is 0 Å². The van der Waals surface area contributed by atoms with Crippen molar-refractivity contribution in [2.24, 2.45) is 17.8 Å². The minimum absolute atomic E-state index is 0.317. The summed E-state index contributed by atoms with van der Waals surface area (Å²) >= 11 is 0. The first-order chi connectivity index (χ1) is 10.3. The summed E-state index contributed by atoms with van der Waals surface area (Å²) in [6.45, 7) is 1.82. The number of rotatable bonds is 4. The predicted molar refractivity (Wildman–Crippen MR) is 84.2 cm³/mol. The summed E-state index contributed by atoms with van der Waals surface area (Å²) in [6.07, 6.45) is 6.13. The highest BCUT2D eigenvalue weighted by molar-refractivity contribution is 5.79. The van der Waals surface area contributed by atoms with Gasteiger partial charge in [-0.2, -0.15) is 0 Å². The van der Waals surface area contributed by atoms with E-state index in [1.165, 1.54) is 30.5 Å². The van der Waals surface area contributed by atoms with Crippen molar-refractivity contribution in [2.75, 3.05) is 18.4 Å². The molecule has 1 amide bonds. The Morgan fingerprint density at radius 2 is 2.14 bits per heavy atom. The fourth-order valence-electron chi connectivity index (χ4n) is 4.68. The Bertz CT molecular complexity index is 542. The molecule has 4 atom stereocenters. The largest absolute Gasteiger partial charge is 0.384 e. The Morgan fingerprint density at radius 3 is 2.95 bits per heavy atom. The predicted octanol–water partition coefficient (Wildman–Crippen LogP) is 3.14. The van der Waals surface area contributed by atoms with E-state index in [9.17, 15) is 4.79 Å². The van der Waals surface area contributed by atoms with Gasteiger partial charge in [0, 0.05) is 30.6 Å². The maximum Gasteiger partial charge on any atom is 0.223 e. The Labute approximate surface area is 126 Å². The molecule has 2 aliphatic carbocycles. The van der Waals surface area contributed by atoms with E-state index in [0.29, 0.717) is 23.7 Å². The third-order valence-electron chi connectivity index (χ3n) is 5.81. The first kappa shape index (κ1) is 13.2. The van der Waals surface area contributed by atoms with Gasteiger partial charge in [-0.1, -0.05) is 24.6 Å². The standard InChI is InChI=1S/C18H24N2O/c21-18(16-10-12-5-6-13(16)9-12)19-8-7-14-11-20-17-4-2-1-3-15(14)17/h1-4,12-14,16,20H,5-11H2,(H,19,21). The van der Waals surface area contributed by atoms with Gasteiger partial charge in [-0.15, -0.1) is 0 Å². The zero-order valence-electron chi connectivity index (χ0n) is 12.5. The molecule has 3 aliphatic rings. The highest BCUT2D eigenvalue weighted by Gasteiger charge is 2.42. The molecule has 2 N–H and O–H groups in total. The quantitative estimate of drug-likeness (QED) is 0.892. The Hall–Kier alpha value is -1.51. The summed E-state index contributed by atoms with van der Waals surface area (Å²) in [5, 5.41) is 6.65. The fourth-order valence-corrected chi connectivity index (χ4v) is 4.68. The van der Waals surface area contributed by atoms with Crippen LogP contribution < -0.4 is 10.6 Å². The van der Waals surface area contributed by atoms with Gasteiger partial charge >= 0.3 is 0 Å². The maximum atomic E-state index is 12.3. The van der Waals surface area contributed by atoms with Gasteiger partial charge in [0.05, 0.1) is 0 Å². The Morgan fingerprint density at radius 1 is 1.24 bits per heavy atom. The van der Waals surface area contributed by atoms with Crippen LogP contribution in [0.15, 0.2) is 24.3 Å². The van der Waals surface area contributed by atoms with Gasteiger partial charge in [0.2, 0.25) is 5.91 Å². The molecular weight excluding hydrogens is 260 g/mol. The van der Waals surface area contributed by atoms with Crippen molar-refractivity contribution in [1.82, 2.24) is 5.32 Å². The van der Waals surface area contributed by atoms with Crippen LogP contribution in [0.3, 0.4) is 0 Å². The van der Waals surface area contributed by atoms with Gasteiger partial charge < -0.3 is 10.6 Å². The van der Waals surface area contributed by atoms with Crippen molar-refractivity contribution in [3.8, 4) is 0 Å². The molecular formula is C18H24N2O. The van der Waals surface area contributed by atoms with Crippen LogP contribution >= 0.6 is 0 Å². The van der Waals surface area contributed by atoms with E-state index in [4.69, 9.17) is 0 Å². The van der Waals surface area contributed by atoms with Crippen LogP contribution in [0.25, 0.3) is 0 Å². The molecule has 0 radical (unpaired) electrons. The number of hydrogen-bond donors (Lipinski definition) is 2. The summed E-state index contributed by atoms with van der Waals surface area (Å²) in [5.41, 5.74) is 2.67. The van der Waals surface area contributed by atoms with Crippen molar-refractivity contribution < 1.29 is 4.79 Å². The van der Waals surface area contributed by atoms with Gasteiger partial charge in [-0.25, -0.2) is 0 Å². The lowest BCUT2D eigenvalue weighted by molar-refractivity contribution is -0.126. The number of anilines is 1. The summed E-state index contributed by atoms with van der Waals surface area (Å²) in [5.74, 6) is 2.71. The molecule has 0 aromatic heterocycles. The van der Waals surface area contributed by atoms with Crippen LogP contribution in [-0.2, 0) is 4.79 Å². The lowest BCUT2D eigenvalue weighted by Gasteiger charge is -2.21. The van der Waals surface area contributed by atoms with Gasteiger partial charge in [0.1, 0.15) is 0 Å². The Balaban J connectivity index is 1.28. The molecule has 2 fully saturated rings. The van der Waals surface area contributed by atoms with E-state index in [1.807, 2.05) is 0 Å². The minimum atomic E-state index is 0.317. The van der Waals surface area contributed by atoms with Crippen LogP contribution in [0.2, 0.25) is 0 Å². The van der Waals surface area contributed by atoms with E-state index in [2.05, 4.69) is 34.9 Å². The molecule has 1 aromatic carbocycles. The molecule has 4 unspecified atom stereocenters. The molecule has 1 aromatic rings. The molecule has 3 nitrogen and oxygen atoms in total. The molecule has 2 bridgehead atoms. The third-order valence-corrected chi connectivity index (χ3v) is 5.81. The minimum Gasteiger partial charge on any atom is -0.384 e. The molecule has 1 heterocycles. The number of nitrogens with one attached hydrogen (secondary N) is 2. The fraction of sp³-hybridized carbons (Fsp3) is 0.611. The Kier molecular flexibility index (Phi) is 3.36. The average molecular weight is 284 g/mol. The average Bonchev–Trinajstić information content (AvgIpc) is 3.22. The highest BCUT2D eigenvalue weighted by Crippen LogP contribution is 2.48. The van der Waals surface area contributed by atoms with Crippen LogP contribution in [0.5, 0.6) is 0 Å². The number of carbonyl (C=O) groups is 1. The molecule has 1 aliphatic heterocycles. The van der Waals surface area contributed by atoms with Crippen molar-refractivity contribution in [3.05, 3.63) is 29.8 Å². The van der Waals surface area contributed by atoms with Crippen molar-refractivity contribution in [3.63, 3.8) is 0 Å². The number of hydrogen-bond acceptors (Lipinski definition) is 2. The van der Waals surface area contributed by atoms with Gasteiger partial charge in [-0.3, -0.25) is 4.79 Å². The zero-order chi connectivity index (χ0) is 14.2. The first-order valence-corrected chi connectivity index (χ1v) is 8.42. The van der Waals surface area contributed by atoms with E-state index < -0.39 is 0 Å². The van der Waals surface area contributed by atoms with E-state index in [1.54, 1.807) is 0 Å². The molecule has 0 spiro atoms. The molecule has 4 rings (SSSR count). The molecule has 21 heavy (non-hydrogen) atoms. The molecule has 3 heteroatoms. The second-order valence-corrected chi connectivity index (χ2v) is 7.03. The number of para-hydroxylation sites is 1. The number of benzene rings is 1. The van der Waals surface area contributed by atoms with E-state index in [-0.39, 0.29) is 0 Å². The molecule has 112 valence electrons. The van der Waals surface area contributed by atoms with Crippen molar-refractivity contribution in [2.45, 2.75) is 38.0 Å². The lowest BCUT2D eigenvalue weighted by Crippen LogP contribution is -2.34. The highest BCUT2D eigenvalue weighted by atomic mass is 16.1. The van der Waals surface area contributed by atoms with Crippen LogP contribution in [-0.4, -0.2) is 19.0 Å². The van der Waals surface area contributed by atoms with Gasteiger partial charge in [0.25, 0.3) is 0 Å². The summed E-state index contributed by atoms with van der Waals surface area (Å²) < 4.78 is 0. The van der Waals surface area contributed by atoms with Crippen molar-refractivity contribution >= 4 is 11.6 Å². The number of fused-ring (bicyclic) bond motifs is 3.